The molecule has 2 heterocycles. The van der Waals surface area contributed by atoms with Gasteiger partial charge < -0.3 is 36.5 Å². The topological polar surface area (TPSA) is 60.4 Å². The van der Waals surface area contributed by atoms with Crippen molar-refractivity contribution in [3.63, 3.8) is 0 Å². The van der Waals surface area contributed by atoms with Gasteiger partial charge in [-0.15, -0.1) is 0 Å². The number of ether oxygens (including phenoxy) is 4. The van der Waals surface area contributed by atoms with Gasteiger partial charge in [0.1, 0.15) is 18.5 Å². The fourth-order valence-corrected chi connectivity index (χ4v) is 2.94. The number of halogens is 1. The normalized spacial score (nSPS) is 24.8. The molecular weight excluding hydrogens is 322 g/mol. The molecule has 0 bridgehead atoms. The summed E-state index contributed by atoms with van der Waals surface area (Å²) in [5.74, 6) is 2.08. The third kappa shape index (κ3) is 4.88. The van der Waals surface area contributed by atoms with Gasteiger partial charge in [-0.3, -0.25) is 4.90 Å². The van der Waals surface area contributed by atoms with Crippen LogP contribution >= 0.6 is 0 Å². The monoisotopic (exact) mass is 344 g/mol. The van der Waals surface area contributed by atoms with E-state index < -0.39 is 6.10 Å². The van der Waals surface area contributed by atoms with Crippen molar-refractivity contribution in [3.8, 4) is 17.2 Å². The van der Waals surface area contributed by atoms with Crippen LogP contribution in [-0.2, 0) is 4.74 Å². The number of fused-ring (bicyclic) bond motifs is 1. The second-order valence-electron chi connectivity index (χ2n) is 5.96. The Morgan fingerprint density at radius 1 is 1.22 bits per heavy atom. The summed E-state index contributed by atoms with van der Waals surface area (Å²) in [6.07, 6.45) is -0.139. The summed E-state index contributed by atoms with van der Waals surface area (Å²) in [6.45, 7) is 6.87. The zero-order chi connectivity index (χ0) is 15.5. The van der Waals surface area contributed by atoms with E-state index in [-0.39, 0.29) is 38.0 Å². The second kappa shape index (κ2) is 8.06. The van der Waals surface area contributed by atoms with Crippen LogP contribution in [0.2, 0.25) is 0 Å². The molecule has 3 atom stereocenters. The Morgan fingerprint density at radius 2 is 1.91 bits per heavy atom. The maximum Gasteiger partial charge on any atom is 0.231 e. The fourth-order valence-electron chi connectivity index (χ4n) is 2.94. The average Bonchev–Trinajstić information content (AvgIpc) is 2.91. The van der Waals surface area contributed by atoms with Crippen molar-refractivity contribution in [2.24, 2.45) is 0 Å². The molecule has 6 nitrogen and oxygen atoms in total. The van der Waals surface area contributed by atoms with Crippen LogP contribution in [0.5, 0.6) is 17.2 Å². The lowest BCUT2D eigenvalue weighted by molar-refractivity contribution is -0.0786. The summed E-state index contributed by atoms with van der Waals surface area (Å²) in [5, 5.41) is 10.2. The minimum absolute atomic E-state index is 0. The first-order chi connectivity index (χ1) is 10.6. The minimum Gasteiger partial charge on any atom is -1.00 e. The Balaban J connectivity index is 0.00000192. The van der Waals surface area contributed by atoms with Gasteiger partial charge in [0.25, 0.3) is 0 Å². The van der Waals surface area contributed by atoms with Crippen molar-refractivity contribution in [2.75, 3.05) is 33.0 Å². The molecule has 3 rings (SSSR count). The summed E-state index contributed by atoms with van der Waals surface area (Å²) < 4.78 is 21.9. The molecule has 1 saturated heterocycles. The first-order valence-corrected chi connectivity index (χ1v) is 7.68. The van der Waals surface area contributed by atoms with Crippen molar-refractivity contribution in [1.29, 1.82) is 0 Å². The number of hydrogen-bond acceptors (Lipinski definition) is 6. The van der Waals surface area contributed by atoms with E-state index in [9.17, 15) is 5.11 Å². The molecule has 2 aliphatic heterocycles. The molecule has 0 aliphatic carbocycles. The number of β-amino-alcohol motifs (C(OH)–C–C–N with tert-alkyl or cyclic N) is 1. The number of hydrogen-bond donors (Lipinski definition) is 1. The van der Waals surface area contributed by atoms with Crippen LogP contribution in [0.1, 0.15) is 13.8 Å². The van der Waals surface area contributed by atoms with Gasteiger partial charge >= 0.3 is 0 Å². The van der Waals surface area contributed by atoms with Gasteiger partial charge in [-0.05, 0) is 26.0 Å². The highest BCUT2D eigenvalue weighted by atomic mass is 35.5. The van der Waals surface area contributed by atoms with Gasteiger partial charge in [0.15, 0.2) is 11.5 Å². The summed E-state index contributed by atoms with van der Waals surface area (Å²) in [6, 6.07) is 5.42. The third-order valence-electron chi connectivity index (χ3n) is 3.75. The lowest BCUT2D eigenvalue weighted by Gasteiger charge is -2.36. The highest BCUT2D eigenvalue weighted by Gasteiger charge is 2.24. The average molecular weight is 345 g/mol. The molecule has 0 saturated carbocycles. The van der Waals surface area contributed by atoms with Gasteiger partial charge in [0.05, 0.1) is 12.2 Å². The first kappa shape index (κ1) is 18.1. The molecule has 1 N–H and O–H groups in total. The zero-order valence-electron chi connectivity index (χ0n) is 13.4. The van der Waals surface area contributed by atoms with E-state index in [1.807, 2.05) is 12.1 Å². The number of rotatable bonds is 5. The van der Waals surface area contributed by atoms with Crippen molar-refractivity contribution in [1.82, 2.24) is 4.90 Å². The molecule has 2 aliphatic rings. The minimum atomic E-state index is -0.539. The molecule has 1 aromatic carbocycles. The Bertz CT molecular complexity index is 505. The van der Waals surface area contributed by atoms with Gasteiger partial charge in [-0.1, -0.05) is 0 Å². The summed E-state index contributed by atoms with van der Waals surface area (Å²) in [5.41, 5.74) is 0. The number of aliphatic hydroxyl groups excluding tert-OH is 1. The van der Waals surface area contributed by atoms with E-state index in [1.165, 1.54) is 0 Å². The first-order valence-electron chi connectivity index (χ1n) is 7.68. The van der Waals surface area contributed by atoms with Gasteiger partial charge in [0, 0.05) is 25.7 Å². The zero-order valence-corrected chi connectivity index (χ0v) is 14.2. The van der Waals surface area contributed by atoms with Crippen LogP contribution in [-0.4, -0.2) is 61.4 Å². The summed E-state index contributed by atoms with van der Waals surface area (Å²) >= 11 is 0. The molecule has 0 radical (unpaired) electrons. The van der Waals surface area contributed by atoms with Crippen LogP contribution in [0.4, 0.5) is 0 Å². The van der Waals surface area contributed by atoms with E-state index >= 15 is 0 Å². The standard InChI is InChI=1S/C16H23NO5.ClH/c1-11-6-17(7-12(2)22-11)8-13(18)9-19-14-3-4-15-16(5-14)21-10-20-15;/h3-5,11-13,18H,6-10H2,1-2H3;1H/p-1. The lowest BCUT2D eigenvalue weighted by Crippen LogP contribution is -3.00. The Hall–Kier alpha value is -1.21. The summed E-state index contributed by atoms with van der Waals surface area (Å²) in [4.78, 5) is 2.21. The molecular formula is C16H23ClNO5-. The summed E-state index contributed by atoms with van der Waals surface area (Å²) in [7, 11) is 0. The molecule has 1 aromatic rings. The molecule has 3 unspecified atom stereocenters. The smallest absolute Gasteiger partial charge is 0.231 e. The van der Waals surface area contributed by atoms with Crippen molar-refractivity contribution >= 4 is 0 Å². The van der Waals surface area contributed by atoms with Crippen LogP contribution in [0, 0.1) is 0 Å². The molecule has 0 spiro atoms. The van der Waals surface area contributed by atoms with Crippen molar-refractivity contribution in [3.05, 3.63) is 18.2 Å². The number of benzene rings is 1. The highest BCUT2D eigenvalue weighted by molar-refractivity contribution is 5.46. The van der Waals surface area contributed by atoms with E-state index in [0.29, 0.717) is 18.0 Å². The number of morpholine rings is 1. The van der Waals surface area contributed by atoms with E-state index in [0.717, 1.165) is 18.8 Å². The highest BCUT2D eigenvalue weighted by Crippen LogP contribution is 2.35. The van der Waals surface area contributed by atoms with E-state index in [1.54, 1.807) is 6.07 Å². The van der Waals surface area contributed by atoms with Crippen LogP contribution < -0.4 is 26.6 Å². The Kier molecular flexibility index (Phi) is 6.35. The van der Waals surface area contributed by atoms with Crippen LogP contribution in [0.15, 0.2) is 18.2 Å². The third-order valence-corrected chi connectivity index (χ3v) is 3.75. The van der Waals surface area contributed by atoms with Crippen LogP contribution in [0.3, 0.4) is 0 Å². The Labute approximate surface area is 142 Å². The lowest BCUT2D eigenvalue weighted by atomic mass is 10.2. The quantitative estimate of drug-likeness (QED) is 0.685. The van der Waals surface area contributed by atoms with Gasteiger partial charge in [0.2, 0.25) is 6.79 Å². The fraction of sp³-hybridized carbons (Fsp3) is 0.625. The maximum absolute atomic E-state index is 10.2. The molecule has 1 fully saturated rings. The molecule has 130 valence electrons. The van der Waals surface area contributed by atoms with Gasteiger partial charge in [-0.25, -0.2) is 0 Å². The molecule has 0 aromatic heterocycles. The number of nitrogens with zero attached hydrogens (tertiary/aromatic N) is 1. The number of aliphatic hydroxyl groups is 1. The second-order valence-corrected chi connectivity index (χ2v) is 5.96. The van der Waals surface area contributed by atoms with Crippen LogP contribution in [0.25, 0.3) is 0 Å². The molecule has 7 heteroatoms. The largest absolute Gasteiger partial charge is 1.00 e. The predicted octanol–water partition coefficient (Wildman–Crippen LogP) is -1.73. The van der Waals surface area contributed by atoms with Crippen molar-refractivity contribution < 1.29 is 36.5 Å². The molecule has 0 amide bonds. The molecule has 23 heavy (non-hydrogen) atoms. The van der Waals surface area contributed by atoms with E-state index in [2.05, 4.69) is 18.7 Å². The van der Waals surface area contributed by atoms with Gasteiger partial charge in [-0.2, -0.15) is 0 Å². The van der Waals surface area contributed by atoms with Crippen molar-refractivity contribution in [2.45, 2.75) is 32.2 Å². The maximum atomic E-state index is 10.2. The Morgan fingerprint density at radius 3 is 2.65 bits per heavy atom. The van der Waals surface area contributed by atoms with E-state index in [4.69, 9.17) is 18.9 Å². The predicted molar refractivity (Wildman–Crippen MR) is 80.5 cm³/mol. The SMILES string of the molecule is CC1CN(CC(O)COc2ccc3c(c2)OCO3)CC(C)O1.[Cl-].